The van der Waals surface area contributed by atoms with Gasteiger partial charge in [0, 0.05) is 17.1 Å². The number of hydrogen-bond donors (Lipinski definition) is 0. The lowest BCUT2D eigenvalue weighted by Crippen LogP contribution is -2.34. The molecule has 5 heteroatoms. The molecule has 0 aliphatic heterocycles. The van der Waals surface area contributed by atoms with Gasteiger partial charge in [-0.3, -0.25) is 9.69 Å². The van der Waals surface area contributed by atoms with Crippen molar-refractivity contribution in [1.29, 1.82) is 0 Å². The molecule has 1 aromatic heterocycles. The maximum Gasteiger partial charge on any atom is 0.260 e. The van der Waals surface area contributed by atoms with Crippen LogP contribution in [0.1, 0.15) is 24.2 Å². The van der Waals surface area contributed by atoms with Crippen molar-refractivity contribution in [2.75, 3.05) is 11.4 Å². The SMILES string of the molecule is CC(C)CN(C(=O)c1ccc(Cl)cc1)c1nc2ccccc2s1. The summed E-state index contributed by atoms with van der Waals surface area (Å²) in [5, 5.41) is 1.36. The van der Waals surface area contributed by atoms with Crippen LogP contribution in [0.3, 0.4) is 0 Å². The first-order valence-electron chi connectivity index (χ1n) is 7.47. The fourth-order valence-corrected chi connectivity index (χ4v) is 3.44. The number of rotatable bonds is 4. The van der Waals surface area contributed by atoms with Crippen molar-refractivity contribution < 1.29 is 4.79 Å². The van der Waals surface area contributed by atoms with Crippen LogP contribution in [0.5, 0.6) is 0 Å². The molecule has 0 fully saturated rings. The summed E-state index contributed by atoms with van der Waals surface area (Å²) in [5.74, 6) is 0.299. The largest absolute Gasteiger partial charge is 0.284 e. The van der Waals surface area contributed by atoms with E-state index < -0.39 is 0 Å². The van der Waals surface area contributed by atoms with Crippen LogP contribution in [-0.4, -0.2) is 17.4 Å². The number of para-hydroxylation sites is 1. The van der Waals surface area contributed by atoms with Crippen LogP contribution >= 0.6 is 22.9 Å². The molecule has 118 valence electrons. The lowest BCUT2D eigenvalue weighted by Gasteiger charge is -2.22. The topological polar surface area (TPSA) is 33.2 Å². The minimum atomic E-state index is -0.0468. The third kappa shape index (κ3) is 3.54. The molecule has 0 aliphatic rings. The predicted octanol–water partition coefficient (Wildman–Crippen LogP) is 5.25. The highest BCUT2D eigenvalue weighted by Gasteiger charge is 2.22. The fraction of sp³-hybridized carbons (Fsp3) is 0.222. The summed E-state index contributed by atoms with van der Waals surface area (Å²) >= 11 is 7.46. The number of carbonyl (C=O) groups is 1. The Morgan fingerprint density at radius 3 is 2.52 bits per heavy atom. The lowest BCUT2D eigenvalue weighted by molar-refractivity contribution is 0.0984. The van der Waals surface area contributed by atoms with Gasteiger partial charge in [0.05, 0.1) is 10.2 Å². The van der Waals surface area contributed by atoms with Crippen molar-refractivity contribution in [3.8, 4) is 0 Å². The van der Waals surface area contributed by atoms with Crippen molar-refractivity contribution in [2.45, 2.75) is 13.8 Å². The molecule has 3 rings (SSSR count). The van der Waals surface area contributed by atoms with Crippen LogP contribution in [0.25, 0.3) is 10.2 Å². The molecule has 0 N–H and O–H groups in total. The van der Waals surface area contributed by atoms with Crippen LogP contribution in [-0.2, 0) is 0 Å². The molecule has 3 nitrogen and oxygen atoms in total. The molecule has 2 aromatic carbocycles. The van der Waals surface area contributed by atoms with Crippen molar-refractivity contribution in [1.82, 2.24) is 4.98 Å². The molecule has 3 aromatic rings. The zero-order valence-corrected chi connectivity index (χ0v) is 14.6. The zero-order valence-electron chi connectivity index (χ0n) is 13.0. The van der Waals surface area contributed by atoms with E-state index in [-0.39, 0.29) is 5.91 Å². The molecular formula is C18H17ClN2OS. The monoisotopic (exact) mass is 344 g/mol. The number of anilines is 1. The smallest absolute Gasteiger partial charge is 0.260 e. The van der Waals surface area contributed by atoms with Gasteiger partial charge in [0.1, 0.15) is 0 Å². The Bertz CT molecular complexity index is 793. The van der Waals surface area contributed by atoms with Crippen LogP contribution in [0.15, 0.2) is 48.5 Å². The highest BCUT2D eigenvalue weighted by molar-refractivity contribution is 7.22. The Morgan fingerprint density at radius 1 is 1.17 bits per heavy atom. The van der Waals surface area contributed by atoms with Gasteiger partial charge in [0.25, 0.3) is 5.91 Å². The van der Waals surface area contributed by atoms with Gasteiger partial charge in [-0.25, -0.2) is 4.98 Å². The molecule has 0 bridgehead atoms. The third-order valence-electron chi connectivity index (χ3n) is 3.40. The number of benzene rings is 2. The van der Waals surface area contributed by atoms with Crippen LogP contribution < -0.4 is 4.90 Å². The second kappa shape index (κ2) is 6.69. The second-order valence-corrected chi connectivity index (χ2v) is 7.23. The summed E-state index contributed by atoms with van der Waals surface area (Å²) in [7, 11) is 0. The third-order valence-corrected chi connectivity index (χ3v) is 4.71. The van der Waals surface area contributed by atoms with E-state index in [1.807, 2.05) is 24.3 Å². The van der Waals surface area contributed by atoms with Gasteiger partial charge in [-0.15, -0.1) is 0 Å². The van der Waals surface area contributed by atoms with Gasteiger partial charge in [0.15, 0.2) is 5.13 Å². The Hall–Kier alpha value is -1.91. The Morgan fingerprint density at radius 2 is 1.87 bits per heavy atom. The van der Waals surface area contributed by atoms with E-state index >= 15 is 0 Å². The fourth-order valence-electron chi connectivity index (χ4n) is 2.34. The number of thiazole rings is 1. The molecule has 1 amide bonds. The molecule has 0 radical (unpaired) electrons. The molecule has 0 spiro atoms. The van der Waals surface area contributed by atoms with Crippen LogP contribution in [0, 0.1) is 5.92 Å². The number of fused-ring (bicyclic) bond motifs is 1. The first-order valence-corrected chi connectivity index (χ1v) is 8.67. The minimum absolute atomic E-state index is 0.0468. The van der Waals surface area contributed by atoms with Crippen LogP contribution in [0.2, 0.25) is 5.02 Å². The Labute approximate surface area is 144 Å². The molecule has 0 unspecified atom stereocenters. The molecule has 23 heavy (non-hydrogen) atoms. The van der Waals surface area contributed by atoms with Crippen molar-refractivity contribution >= 4 is 44.2 Å². The van der Waals surface area contributed by atoms with Crippen molar-refractivity contribution in [2.24, 2.45) is 5.92 Å². The minimum Gasteiger partial charge on any atom is -0.284 e. The Kier molecular flexibility index (Phi) is 4.64. The van der Waals surface area contributed by atoms with E-state index in [0.717, 1.165) is 15.3 Å². The Balaban J connectivity index is 1.99. The summed E-state index contributed by atoms with van der Waals surface area (Å²) in [5.41, 5.74) is 1.54. The summed E-state index contributed by atoms with van der Waals surface area (Å²) in [6, 6.07) is 14.9. The first-order chi connectivity index (χ1) is 11.0. The van der Waals surface area contributed by atoms with E-state index in [0.29, 0.717) is 23.0 Å². The van der Waals surface area contributed by atoms with Gasteiger partial charge in [-0.1, -0.05) is 48.9 Å². The van der Waals surface area contributed by atoms with Gasteiger partial charge in [0.2, 0.25) is 0 Å². The number of carbonyl (C=O) groups excluding carboxylic acids is 1. The molecule has 0 atom stereocenters. The van der Waals surface area contributed by atoms with E-state index in [4.69, 9.17) is 11.6 Å². The van der Waals surface area contributed by atoms with E-state index in [1.165, 1.54) is 0 Å². The average molecular weight is 345 g/mol. The highest BCUT2D eigenvalue weighted by Crippen LogP contribution is 2.30. The number of halogens is 1. The summed E-state index contributed by atoms with van der Waals surface area (Å²) in [6.07, 6.45) is 0. The van der Waals surface area contributed by atoms with Gasteiger partial charge in [-0.05, 0) is 42.3 Å². The molecule has 0 aliphatic carbocycles. The van der Waals surface area contributed by atoms with Gasteiger partial charge >= 0.3 is 0 Å². The number of aromatic nitrogens is 1. The van der Waals surface area contributed by atoms with Crippen LogP contribution in [0.4, 0.5) is 5.13 Å². The normalized spacial score (nSPS) is 11.1. The maximum atomic E-state index is 12.9. The standard InChI is InChI=1S/C18H17ClN2OS/c1-12(2)11-21(17(22)13-7-9-14(19)10-8-13)18-20-15-5-3-4-6-16(15)23-18/h3-10,12H,11H2,1-2H3. The van der Waals surface area contributed by atoms with Gasteiger partial charge in [-0.2, -0.15) is 0 Å². The quantitative estimate of drug-likeness (QED) is 0.647. The van der Waals surface area contributed by atoms with E-state index in [9.17, 15) is 4.79 Å². The zero-order chi connectivity index (χ0) is 16.4. The highest BCUT2D eigenvalue weighted by atomic mass is 35.5. The predicted molar refractivity (Wildman–Crippen MR) is 97.6 cm³/mol. The summed E-state index contributed by atoms with van der Waals surface area (Å²) in [6.45, 7) is 4.81. The molecule has 1 heterocycles. The number of hydrogen-bond acceptors (Lipinski definition) is 3. The van der Waals surface area contributed by atoms with E-state index in [2.05, 4.69) is 18.8 Å². The molecular weight excluding hydrogens is 328 g/mol. The van der Waals surface area contributed by atoms with Crippen molar-refractivity contribution in [3.63, 3.8) is 0 Å². The first kappa shape index (κ1) is 16.0. The molecule has 0 saturated carbocycles. The number of nitrogens with zero attached hydrogens (tertiary/aromatic N) is 2. The average Bonchev–Trinajstić information content (AvgIpc) is 2.96. The molecule has 0 saturated heterocycles. The van der Waals surface area contributed by atoms with E-state index in [1.54, 1.807) is 40.5 Å². The summed E-state index contributed by atoms with van der Waals surface area (Å²) < 4.78 is 1.08. The van der Waals surface area contributed by atoms with Gasteiger partial charge < -0.3 is 0 Å². The van der Waals surface area contributed by atoms with Crippen molar-refractivity contribution in [3.05, 3.63) is 59.1 Å². The maximum absolute atomic E-state index is 12.9. The lowest BCUT2D eigenvalue weighted by atomic mass is 10.1. The number of amides is 1. The summed E-state index contributed by atoms with van der Waals surface area (Å²) in [4.78, 5) is 19.3. The second-order valence-electron chi connectivity index (χ2n) is 5.78.